The van der Waals surface area contributed by atoms with E-state index in [4.69, 9.17) is 0 Å². The second-order valence-corrected chi connectivity index (χ2v) is 4.08. The predicted molar refractivity (Wildman–Crippen MR) is 60.7 cm³/mol. The van der Waals surface area contributed by atoms with Crippen molar-refractivity contribution in [1.82, 2.24) is 10.2 Å². The third-order valence-corrected chi connectivity index (χ3v) is 2.15. The maximum absolute atomic E-state index is 10.6. The van der Waals surface area contributed by atoms with Crippen LogP contribution in [0.25, 0.3) is 0 Å². The van der Waals surface area contributed by atoms with Crippen molar-refractivity contribution in [2.24, 2.45) is 11.8 Å². The molecule has 0 spiro atoms. The first-order valence-corrected chi connectivity index (χ1v) is 5.67. The zero-order valence-electron chi connectivity index (χ0n) is 9.68. The first-order valence-electron chi connectivity index (χ1n) is 4.79. The fraction of sp³-hybridized carbons (Fsp3) is 0.556. The summed E-state index contributed by atoms with van der Waals surface area (Å²) in [5, 5.41) is 0. The largest absolute Gasteiger partial charge is 0.344 e. The zero-order chi connectivity index (χ0) is 13.4. The van der Waals surface area contributed by atoms with E-state index in [1.165, 1.54) is 6.92 Å². The Labute approximate surface area is 103 Å². The lowest BCUT2D eigenvalue weighted by atomic mass is 10.2. The van der Waals surface area contributed by atoms with Crippen molar-refractivity contribution < 1.29 is 24.0 Å². The number of nitrogens with one attached hydrogen (secondary N) is 2. The van der Waals surface area contributed by atoms with Gasteiger partial charge in [0.05, 0.1) is 0 Å². The fourth-order valence-corrected chi connectivity index (χ4v) is 0.984. The SMILES string of the molecule is CC(C)C(=O)NSC=O.CC1C(=O)NOC1=O. The van der Waals surface area contributed by atoms with E-state index in [1.807, 2.05) is 5.48 Å². The highest BCUT2D eigenvalue weighted by Crippen LogP contribution is 2.03. The molecule has 0 saturated carbocycles. The van der Waals surface area contributed by atoms with Crippen LogP contribution in [0.4, 0.5) is 0 Å². The molecule has 0 aromatic heterocycles. The summed E-state index contributed by atoms with van der Waals surface area (Å²) < 4.78 is 2.34. The molecule has 1 aliphatic rings. The van der Waals surface area contributed by atoms with Gasteiger partial charge in [-0.05, 0) is 6.92 Å². The van der Waals surface area contributed by atoms with E-state index in [9.17, 15) is 19.2 Å². The maximum Gasteiger partial charge on any atom is 0.344 e. The summed E-state index contributed by atoms with van der Waals surface area (Å²) in [5.41, 5.74) is 2.51. The standard InChI is InChI=1S/C5H9NO2S.C4H5NO3/c1-4(2)5(8)6-9-3-7;1-2-3(6)5-8-4(2)7/h3-4H,1-2H3,(H,6,8);2H,1H3,(H,5,6). The number of hydrogen-bond donors (Lipinski definition) is 2. The van der Waals surface area contributed by atoms with Gasteiger partial charge < -0.3 is 4.84 Å². The van der Waals surface area contributed by atoms with Gasteiger partial charge in [-0.2, -0.15) is 5.48 Å². The third-order valence-electron chi connectivity index (χ3n) is 1.73. The van der Waals surface area contributed by atoms with Crippen molar-refractivity contribution in [2.45, 2.75) is 20.8 Å². The number of carbonyl (C=O) groups is 4. The first kappa shape index (κ1) is 15.4. The predicted octanol–water partition coefficient (Wildman–Crippen LogP) is -0.193. The zero-order valence-corrected chi connectivity index (χ0v) is 10.5. The van der Waals surface area contributed by atoms with Gasteiger partial charge in [0.1, 0.15) is 5.92 Å². The van der Waals surface area contributed by atoms with E-state index < -0.39 is 11.9 Å². The Morgan fingerprint density at radius 1 is 1.53 bits per heavy atom. The Bertz CT molecular complexity index is 303. The molecule has 17 heavy (non-hydrogen) atoms. The Morgan fingerprint density at radius 2 is 2.12 bits per heavy atom. The molecular formula is C9H14N2O5S. The summed E-state index contributed by atoms with van der Waals surface area (Å²) >= 11 is 0.764. The Morgan fingerprint density at radius 3 is 2.35 bits per heavy atom. The molecule has 1 atom stereocenters. The van der Waals surface area contributed by atoms with Gasteiger partial charge in [-0.15, -0.1) is 0 Å². The van der Waals surface area contributed by atoms with Crippen LogP contribution in [0.2, 0.25) is 0 Å². The number of hydroxylamine groups is 1. The van der Waals surface area contributed by atoms with Gasteiger partial charge in [-0.25, -0.2) is 4.79 Å². The van der Waals surface area contributed by atoms with Crippen molar-refractivity contribution in [3.8, 4) is 0 Å². The smallest absolute Gasteiger partial charge is 0.340 e. The summed E-state index contributed by atoms with van der Waals surface area (Å²) in [6, 6.07) is 0. The van der Waals surface area contributed by atoms with Crippen LogP contribution in [-0.4, -0.2) is 23.4 Å². The highest BCUT2D eigenvalue weighted by Gasteiger charge is 2.30. The average Bonchev–Trinajstić information content (AvgIpc) is 2.58. The van der Waals surface area contributed by atoms with E-state index >= 15 is 0 Å². The second-order valence-electron chi connectivity index (χ2n) is 3.44. The van der Waals surface area contributed by atoms with Gasteiger partial charge in [0, 0.05) is 17.9 Å². The molecular weight excluding hydrogens is 248 g/mol. The molecule has 0 aromatic carbocycles. The van der Waals surface area contributed by atoms with Crippen molar-refractivity contribution in [1.29, 1.82) is 0 Å². The van der Waals surface area contributed by atoms with E-state index in [2.05, 4.69) is 9.56 Å². The van der Waals surface area contributed by atoms with Crippen LogP contribution in [0.15, 0.2) is 0 Å². The molecule has 0 radical (unpaired) electrons. The Balaban J connectivity index is 0.000000302. The monoisotopic (exact) mass is 262 g/mol. The van der Waals surface area contributed by atoms with Crippen LogP contribution < -0.4 is 10.2 Å². The highest BCUT2D eigenvalue weighted by molar-refractivity contribution is 8.10. The lowest BCUT2D eigenvalue weighted by molar-refractivity contribution is -0.145. The minimum atomic E-state index is -0.630. The minimum absolute atomic E-state index is 0.0579. The topological polar surface area (TPSA) is 102 Å². The lowest BCUT2D eigenvalue weighted by Crippen LogP contribution is -2.21. The van der Waals surface area contributed by atoms with E-state index in [0.29, 0.717) is 5.62 Å². The summed E-state index contributed by atoms with van der Waals surface area (Å²) in [4.78, 5) is 45.0. The number of amides is 2. The van der Waals surface area contributed by atoms with Crippen LogP contribution in [-0.2, 0) is 24.0 Å². The van der Waals surface area contributed by atoms with Gasteiger partial charge in [0.2, 0.25) is 5.91 Å². The number of carbonyl (C=O) groups excluding carboxylic acids is 4. The summed E-state index contributed by atoms with van der Waals surface area (Å²) in [6.45, 7) is 5.02. The van der Waals surface area contributed by atoms with E-state index in [-0.39, 0.29) is 17.7 Å². The van der Waals surface area contributed by atoms with Crippen LogP contribution in [0.1, 0.15) is 20.8 Å². The van der Waals surface area contributed by atoms with E-state index in [0.717, 1.165) is 11.9 Å². The molecule has 1 saturated heterocycles. The molecule has 1 rings (SSSR count). The molecule has 8 heteroatoms. The van der Waals surface area contributed by atoms with Gasteiger partial charge in [0.15, 0.2) is 5.62 Å². The van der Waals surface area contributed by atoms with Crippen molar-refractivity contribution >= 4 is 35.3 Å². The Kier molecular flexibility index (Phi) is 6.95. The van der Waals surface area contributed by atoms with Crippen LogP contribution in [0, 0.1) is 11.8 Å². The lowest BCUT2D eigenvalue weighted by Gasteiger charge is -2.00. The van der Waals surface area contributed by atoms with Gasteiger partial charge in [-0.1, -0.05) is 13.8 Å². The average molecular weight is 262 g/mol. The van der Waals surface area contributed by atoms with Gasteiger partial charge >= 0.3 is 5.97 Å². The Hall–Kier alpha value is -1.57. The summed E-state index contributed by atoms with van der Waals surface area (Å²) in [7, 11) is 0. The first-order chi connectivity index (χ1) is 7.90. The molecule has 1 unspecified atom stereocenters. The minimum Gasteiger partial charge on any atom is -0.340 e. The molecule has 2 amide bonds. The molecule has 0 aliphatic carbocycles. The molecule has 0 aromatic rings. The number of rotatable bonds is 3. The van der Waals surface area contributed by atoms with Gasteiger partial charge in [0.25, 0.3) is 5.91 Å². The summed E-state index contributed by atoms with van der Waals surface area (Å²) in [5.74, 6) is -1.68. The molecule has 2 N–H and O–H groups in total. The van der Waals surface area contributed by atoms with Crippen LogP contribution in [0.3, 0.4) is 0 Å². The molecule has 96 valence electrons. The number of hydrogen-bond acceptors (Lipinski definition) is 6. The second kappa shape index (κ2) is 7.66. The quantitative estimate of drug-likeness (QED) is 0.415. The molecule has 1 aliphatic heterocycles. The van der Waals surface area contributed by atoms with Crippen LogP contribution in [0.5, 0.6) is 0 Å². The van der Waals surface area contributed by atoms with Crippen LogP contribution >= 0.6 is 11.9 Å². The molecule has 7 nitrogen and oxygen atoms in total. The molecule has 1 fully saturated rings. The third kappa shape index (κ3) is 5.91. The van der Waals surface area contributed by atoms with Crippen molar-refractivity contribution in [2.75, 3.05) is 0 Å². The fourth-order valence-electron chi connectivity index (χ4n) is 0.584. The van der Waals surface area contributed by atoms with Crippen molar-refractivity contribution in [3.05, 3.63) is 0 Å². The van der Waals surface area contributed by atoms with Crippen molar-refractivity contribution in [3.63, 3.8) is 0 Å². The highest BCUT2D eigenvalue weighted by atomic mass is 32.2. The maximum atomic E-state index is 10.6. The van der Waals surface area contributed by atoms with Gasteiger partial charge in [-0.3, -0.25) is 19.1 Å². The summed E-state index contributed by atoms with van der Waals surface area (Å²) in [6.07, 6.45) is 0. The molecule has 1 heterocycles. The normalized spacial score (nSPS) is 17.8. The van der Waals surface area contributed by atoms with E-state index in [1.54, 1.807) is 13.8 Å². The molecule has 0 bridgehead atoms.